The van der Waals surface area contributed by atoms with Crippen molar-refractivity contribution in [1.29, 1.82) is 0 Å². The van der Waals surface area contributed by atoms with Crippen molar-refractivity contribution in [2.45, 2.75) is 32.9 Å². The van der Waals surface area contributed by atoms with Gasteiger partial charge in [0.25, 0.3) is 5.91 Å². The molecular formula is C28H31N3O4. The summed E-state index contributed by atoms with van der Waals surface area (Å²) in [7, 11) is 3.11. The zero-order valence-electron chi connectivity index (χ0n) is 20.6. The molecule has 0 aliphatic heterocycles. The summed E-state index contributed by atoms with van der Waals surface area (Å²) in [5.41, 5.74) is 3.62. The molecule has 182 valence electrons. The molecule has 35 heavy (non-hydrogen) atoms. The molecule has 0 fully saturated rings. The molecule has 3 aromatic carbocycles. The van der Waals surface area contributed by atoms with Crippen LogP contribution in [0.3, 0.4) is 0 Å². The molecule has 7 heteroatoms. The van der Waals surface area contributed by atoms with E-state index >= 15 is 0 Å². The molecule has 1 N–H and O–H groups in total. The van der Waals surface area contributed by atoms with Crippen LogP contribution in [0.1, 0.15) is 41.1 Å². The van der Waals surface area contributed by atoms with Crippen molar-refractivity contribution >= 4 is 16.9 Å². The Morgan fingerprint density at radius 1 is 1.00 bits per heavy atom. The van der Waals surface area contributed by atoms with E-state index in [4.69, 9.17) is 19.2 Å². The van der Waals surface area contributed by atoms with Gasteiger partial charge in [0, 0.05) is 12.1 Å². The molecule has 0 radical (unpaired) electrons. The number of ether oxygens (including phenoxy) is 3. The zero-order valence-corrected chi connectivity index (χ0v) is 20.6. The minimum atomic E-state index is -0.305. The average Bonchev–Trinajstić information content (AvgIpc) is 3.26. The number of imidazole rings is 1. The number of nitrogens with zero attached hydrogens (tertiary/aromatic N) is 2. The lowest BCUT2D eigenvalue weighted by Crippen LogP contribution is -2.29. The quantitative estimate of drug-likeness (QED) is 0.316. The maximum Gasteiger partial charge on any atom is 0.251 e. The summed E-state index contributed by atoms with van der Waals surface area (Å²) in [5, 5.41) is 3.07. The number of aryl methyl sites for hydroxylation is 2. The van der Waals surface area contributed by atoms with Gasteiger partial charge in [0.1, 0.15) is 11.6 Å². The van der Waals surface area contributed by atoms with Crippen LogP contribution >= 0.6 is 0 Å². The highest BCUT2D eigenvalue weighted by molar-refractivity contribution is 5.95. The summed E-state index contributed by atoms with van der Waals surface area (Å²) < 4.78 is 18.7. The highest BCUT2D eigenvalue weighted by Crippen LogP contribution is 2.28. The van der Waals surface area contributed by atoms with E-state index < -0.39 is 0 Å². The second kappa shape index (κ2) is 11.0. The topological polar surface area (TPSA) is 74.6 Å². The standard InChI is InChI=1S/C28H31N3O4/c1-19-10-13-22(14-11-19)35-17-7-16-31-24-9-6-5-8-23(24)30-27(31)20(2)29-28(32)21-12-15-25(33-3)26(18-21)34-4/h5-6,8-15,18,20H,7,16-17H2,1-4H3,(H,29,32). The van der Waals surface area contributed by atoms with Gasteiger partial charge in [-0.2, -0.15) is 0 Å². The Hall–Kier alpha value is -4.00. The normalized spacial score (nSPS) is 11.8. The van der Waals surface area contributed by atoms with Crippen LogP contribution in [0.4, 0.5) is 0 Å². The van der Waals surface area contributed by atoms with Gasteiger partial charge in [-0.1, -0.05) is 29.8 Å². The smallest absolute Gasteiger partial charge is 0.251 e. The summed E-state index contributed by atoms with van der Waals surface area (Å²) in [6, 6.07) is 20.9. The van der Waals surface area contributed by atoms with Crippen molar-refractivity contribution in [3.8, 4) is 17.2 Å². The van der Waals surface area contributed by atoms with E-state index in [1.807, 2.05) is 49.4 Å². The number of hydrogen-bond donors (Lipinski definition) is 1. The first-order chi connectivity index (χ1) is 17.0. The lowest BCUT2D eigenvalue weighted by molar-refractivity contribution is 0.0937. The lowest BCUT2D eigenvalue weighted by atomic mass is 10.1. The summed E-state index contributed by atoms with van der Waals surface area (Å²) in [5.74, 6) is 2.54. The number of nitrogens with one attached hydrogen (secondary N) is 1. The van der Waals surface area contributed by atoms with Crippen LogP contribution in [0.5, 0.6) is 17.2 Å². The number of para-hydroxylation sites is 2. The minimum Gasteiger partial charge on any atom is -0.494 e. The second-order valence-corrected chi connectivity index (χ2v) is 8.39. The molecule has 1 heterocycles. The highest BCUT2D eigenvalue weighted by Gasteiger charge is 2.20. The van der Waals surface area contributed by atoms with Crippen LogP contribution in [0.2, 0.25) is 0 Å². The molecule has 1 amide bonds. The monoisotopic (exact) mass is 473 g/mol. The third kappa shape index (κ3) is 5.57. The van der Waals surface area contributed by atoms with Crippen LogP contribution in [-0.2, 0) is 6.54 Å². The summed E-state index contributed by atoms with van der Waals surface area (Å²) in [4.78, 5) is 17.8. The third-order valence-corrected chi connectivity index (χ3v) is 5.88. The van der Waals surface area contributed by atoms with Crippen molar-refractivity contribution in [2.24, 2.45) is 0 Å². The highest BCUT2D eigenvalue weighted by atomic mass is 16.5. The number of aromatic nitrogens is 2. The Bertz CT molecular complexity index is 1300. The molecule has 1 aromatic heterocycles. The van der Waals surface area contributed by atoms with E-state index in [0.717, 1.165) is 35.6 Å². The first-order valence-corrected chi connectivity index (χ1v) is 11.7. The Morgan fingerprint density at radius 2 is 1.74 bits per heavy atom. The zero-order chi connectivity index (χ0) is 24.8. The SMILES string of the molecule is COc1ccc(C(=O)NC(C)c2nc3ccccc3n2CCCOc2ccc(C)cc2)cc1OC. The molecule has 0 saturated heterocycles. The van der Waals surface area contributed by atoms with E-state index in [2.05, 4.69) is 22.9 Å². The van der Waals surface area contributed by atoms with Crippen LogP contribution in [0, 0.1) is 6.92 Å². The number of rotatable bonds is 10. The number of carbonyl (C=O) groups is 1. The molecular weight excluding hydrogens is 442 g/mol. The van der Waals surface area contributed by atoms with Crippen molar-refractivity contribution in [1.82, 2.24) is 14.9 Å². The first-order valence-electron chi connectivity index (χ1n) is 11.7. The number of hydrogen-bond acceptors (Lipinski definition) is 5. The summed E-state index contributed by atoms with van der Waals surface area (Å²) in [6.07, 6.45) is 0.803. The van der Waals surface area contributed by atoms with Gasteiger partial charge in [0.15, 0.2) is 11.5 Å². The fraction of sp³-hybridized carbons (Fsp3) is 0.286. The maximum atomic E-state index is 13.0. The number of fused-ring (bicyclic) bond motifs is 1. The number of amides is 1. The molecule has 1 atom stereocenters. The van der Waals surface area contributed by atoms with E-state index in [-0.39, 0.29) is 11.9 Å². The Balaban J connectivity index is 1.48. The van der Waals surface area contributed by atoms with E-state index in [1.54, 1.807) is 32.4 Å². The van der Waals surface area contributed by atoms with Gasteiger partial charge in [-0.25, -0.2) is 4.98 Å². The van der Waals surface area contributed by atoms with Gasteiger partial charge in [-0.05, 0) is 62.7 Å². The maximum absolute atomic E-state index is 13.0. The Labute approximate surface area is 205 Å². The molecule has 0 bridgehead atoms. The average molecular weight is 474 g/mol. The van der Waals surface area contributed by atoms with E-state index in [9.17, 15) is 4.79 Å². The van der Waals surface area contributed by atoms with Crippen molar-refractivity contribution in [2.75, 3.05) is 20.8 Å². The van der Waals surface area contributed by atoms with Crippen molar-refractivity contribution in [3.05, 3.63) is 83.7 Å². The largest absolute Gasteiger partial charge is 0.494 e. The minimum absolute atomic E-state index is 0.209. The van der Waals surface area contributed by atoms with Crippen LogP contribution < -0.4 is 19.5 Å². The summed E-state index contributed by atoms with van der Waals surface area (Å²) in [6.45, 7) is 5.30. The predicted molar refractivity (Wildman–Crippen MR) is 136 cm³/mol. The Kier molecular flexibility index (Phi) is 7.55. The number of carbonyl (C=O) groups excluding carboxylic acids is 1. The van der Waals surface area contributed by atoms with Crippen molar-refractivity contribution < 1.29 is 19.0 Å². The second-order valence-electron chi connectivity index (χ2n) is 8.39. The fourth-order valence-corrected chi connectivity index (χ4v) is 4.03. The van der Waals surface area contributed by atoms with Gasteiger partial charge in [-0.3, -0.25) is 4.79 Å². The Morgan fingerprint density at radius 3 is 2.49 bits per heavy atom. The number of methoxy groups -OCH3 is 2. The van der Waals surface area contributed by atoms with E-state index in [0.29, 0.717) is 23.7 Å². The first kappa shape index (κ1) is 24.1. The van der Waals surface area contributed by atoms with E-state index in [1.165, 1.54) is 5.56 Å². The number of benzene rings is 3. The predicted octanol–water partition coefficient (Wildman–Crippen LogP) is 5.32. The molecule has 4 rings (SSSR count). The van der Waals surface area contributed by atoms with Gasteiger partial charge in [-0.15, -0.1) is 0 Å². The fourth-order valence-electron chi connectivity index (χ4n) is 4.03. The molecule has 0 spiro atoms. The molecule has 7 nitrogen and oxygen atoms in total. The molecule has 0 aliphatic rings. The van der Waals surface area contributed by atoms with Gasteiger partial charge >= 0.3 is 0 Å². The van der Waals surface area contributed by atoms with Gasteiger partial charge in [0.05, 0.1) is 37.9 Å². The van der Waals surface area contributed by atoms with Crippen LogP contribution in [0.15, 0.2) is 66.7 Å². The lowest BCUT2D eigenvalue weighted by Gasteiger charge is -2.17. The molecule has 0 aliphatic carbocycles. The van der Waals surface area contributed by atoms with Gasteiger partial charge in [0.2, 0.25) is 0 Å². The molecule has 0 saturated carbocycles. The molecule has 4 aromatic rings. The van der Waals surface area contributed by atoms with Crippen LogP contribution in [-0.4, -0.2) is 36.3 Å². The van der Waals surface area contributed by atoms with Crippen molar-refractivity contribution in [3.63, 3.8) is 0 Å². The molecule has 1 unspecified atom stereocenters. The van der Waals surface area contributed by atoms with Gasteiger partial charge < -0.3 is 24.1 Å². The summed E-state index contributed by atoms with van der Waals surface area (Å²) >= 11 is 0. The third-order valence-electron chi connectivity index (χ3n) is 5.88. The van der Waals surface area contributed by atoms with Crippen LogP contribution in [0.25, 0.3) is 11.0 Å².